The van der Waals surface area contributed by atoms with E-state index in [1.54, 1.807) is 6.92 Å². The van der Waals surface area contributed by atoms with Crippen LogP contribution in [0.3, 0.4) is 0 Å². The Morgan fingerprint density at radius 1 is 1.53 bits per heavy atom. The smallest absolute Gasteiger partial charge is 0.346 e. The third kappa shape index (κ3) is 3.25. The first-order valence-corrected chi connectivity index (χ1v) is 4.85. The van der Waals surface area contributed by atoms with Crippen LogP contribution in [0.2, 0.25) is 10.0 Å². The number of carbonyl (C=O) groups excluding carboxylic acids is 1. The summed E-state index contributed by atoms with van der Waals surface area (Å²) in [7, 11) is 1.28. The Labute approximate surface area is 97.1 Å². The van der Waals surface area contributed by atoms with Gasteiger partial charge in [0.2, 0.25) is 5.88 Å². The number of ether oxygens (including phenoxy) is 2. The van der Waals surface area contributed by atoms with Gasteiger partial charge in [0.05, 0.1) is 12.1 Å². The van der Waals surface area contributed by atoms with Crippen LogP contribution in [0.4, 0.5) is 0 Å². The lowest BCUT2D eigenvalue weighted by molar-refractivity contribution is -0.148. The topological polar surface area (TPSA) is 48.4 Å². The summed E-state index contributed by atoms with van der Waals surface area (Å²) in [6, 6.07) is 1.48. The van der Waals surface area contributed by atoms with Gasteiger partial charge in [-0.05, 0) is 13.0 Å². The number of carbonyl (C=O) groups is 1. The van der Waals surface area contributed by atoms with Crippen LogP contribution in [-0.2, 0) is 9.53 Å². The Morgan fingerprint density at radius 2 is 2.20 bits per heavy atom. The van der Waals surface area contributed by atoms with Gasteiger partial charge in [0.1, 0.15) is 5.02 Å². The van der Waals surface area contributed by atoms with Crippen LogP contribution in [0.5, 0.6) is 5.88 Å². The van der Waals surface area contributed by atoms with Gasteiger partial charge in [-0.3, -0.25) is 0 Å². The zero-order chi connectivity index (χ0) is 11.4. The van der Waals surface area contributed by atoms with Gasteiger partial charge < -0.3 is 9.47 Å². The standard InChI is InChI=1S/C9H9Cl2NO3/c1-5(9(13)14-2)15-8-7(11)3-6(10)4-12-8/h3-5H,1-2H3/t5-/m1/s1. The third-order valence-electron chi connectivity index (χ3n) is 1.60. The maximum Gasteiger partial charge on any atom is 0.346 e. The molecule has 82 valence electrons. The summed E-state index contributed by atoms with van der Waals surface area (Å²) in [5, 5.41) is 0.649. The molecular formula is C9H9Cl2NO3. The van der Waals surface area contributed by atoms with Crippen molar-refractivity contribution in [3.8, 4) is 5.88 Å². The Morgan fingerprint density at radius 3 is 2.73 bits per heavy atom. The molecule has 0 aliphatic carbocycles. The van der Waals surface area contributed by atoms with Crippen molar-refractivity contribution in [1.29, 1.82) is 0 Å². The zero-order valence-electron chi connectivity index (χ0n) is 8.16. The molecule has 0 fully saturated rings. The largest absolute Gasteiger partial charge is 0.466 e. The molecule has 0 spiro atoms. The quantitative estimate of drug-likeness (QED) is 0.772. The number of halogens is 2. The molecule has 0 unspecified atom stereocenters. The van der Waals surface area contributed by atoms with Crippen molar-refractivity contribution in [3.05, 3.63) is 22.3 Å². The van der Waals surface area contributed by atoms with E-state index in [9.17, 15) is 4.79 Å². The third-order valence-corrected chi connectivity index (χ3v) is 2.07. The van der Waals surface area contributed by atoms with Gasteiger partial charge in [0.15, 0.2) is 6.10 Å². The Hall–Kier alpha value is -1.000. The molecule has 15 heavy (non-hydrogen) atoms. The predicted octanol–water partition coefficient (Wildman–Crippen LogP) is 2.33. The molecule has 1 rings (SSSR count). The summed E-state index contributed by atoms with van der Waals surface area (Å²) in [4.78, 5) is 14.9. The fourth-order valence-electron chi connectivity index (χ4n) is 0.870. The summed E-state index contributed by atoms with van der Waals surface area (Å²) >= 11 is 11.4. The van der Waals surface area contributed by atoms with Gasteiger partial charge in [0, 0.05) is 6.20 Å². The van der Waals surface area contributed by atoms with E-state index in [0.717, 1.165) is 0 Å². The molecule has 0 aliphatic rings. The second-order valence-corrected chi connectivity index (χ2v) is 3.57. The summed E-state index contributed by atoms with van der Waals surface area (Å²) < 4.78 is 9.66. The predicted molar refractivity (Wildman–Crippen MR) is 56.4 cm³/mol. The second-order valence-electron chi connectivity index (χ2n) is 2.72. The van der Waals surface area contributed by atoms with Crippen LogP contribution < -0.4 is 4.74 Å². The molecule has 1 heterocycles. The summed E-state index contributed by atoms with van der Waals surface area (Å²) in [6.45, 7) is 1.54. The first-order chi connectivity index (χ1) is 7.04. The van der Waals surface area contributed by atoms with Crippen molar-refractivity contribution in [2.75, 3.05) is 7.11 Å². The number of hydrogen-bond acceptors (Lipinski definition) is 4. The fraction of sp³-hybridized carbons (Fsp3) is 0.333. The van der Waals surface area contributed by atoms with Gasteiger partial charge in [-0.2, -0.15) is 0 Å². The lowest BCUT2D eigenvalue weighted by Crippen LogP contribution is -2.25. The molecule has 1 aromatic heterocycles. The number of aromatic nitrogens is 1. The lowest BCUT2D eigenvalue weighted by atomic mass is 10.4. The Kier molecular flexibility index (Phi) is 4.17. The number of esters is 1. The molecule has 0 saturated carbocycles. The highest BCUT2D eigenvalue weighted by Crippen LogP contribution is 2.25. The molecule has 0 saturated heterocycles. The van der Waals surface area contributed by atoms with E-state index < -0.39 is 12.1 Å². The van der Waals surface area contributed by atoms with Crippen LogP contribution in [-0.4, -0.2) is 24.2 Å². The Bertz CT molecular complexity index is 370. The summed E-state index contributed by atoms with van der Waals surface area (Å²) in [5.74, 6) is -0.346. The fourth-order valence-corrected chi connectivity index (χ4v) is 1.29. The van der Waals surface area contributed by atoms with Crippen LogP contribution in [0.1, 0.15) is 6.92 Å². The monoisotopic (exact) mass is 249 g/mol. The van der Waals surface area contributed by atoms with Gasteiger partial charge in [0.25, 0.3) is 0 Å². The van der Waals surface area contributed by atoms with E-state index in [0.29, 0.717) is 5.02 Å². The van der Waals surface area contributed by atoms with Crippen molar-refractivity contribution in [2.45, 2.75) is 13.0 Å². The van der Waals surface area contributed by atoms with E-state index in [1.165, 1.54) is 19.4 Å². The number of rotatable bonds is 3. The van der Waals surface area contributed by atoms with Gasteiger partial charge in [-0.15, -0.1) is 0 Å². The second kappa shape index (κ2) is 5.19. The van der Waals surface area contributed by atoms with E-state index in [-0.39, 0.29) is 10.9 Å². The van der Waals surface area contributed by atoms with E-state index >= 15 is 0 Å². The average Bonchev–Trinajstić information content (AvgIpc) is 2.20. The number of hydrogen-bond donors (Lipinski definition) is 0. The lowest BCUT2D eigenvalue weighted by Gasteiger charge is -2.12. The number of pyridine rings is 1. The van der Waals surface area contributed by atoms with Crippen molar-refractivity contribution < 1.29 is 14.3 Å². The van der Waals surface area contributed by atoms with E-state index in [4.69, 9.17) is 27.9 Å². The van der Waals surface area contributed by atoms with E-state index in [1.807, 2.05) is 0 Å². The van der Waals surface area contributed by atoms with Crippen molar-refractivity contribution in [2.24, 2.45) is 0 Å². The minimum atomic E-state index is -0.763. The minimum Gasteiger partial charge on any atom is -0.466 e. The summed E-state index contributed by atoms with van der Waals surface area (Å²) in [6.07, 6.45) is 0.619. The van der Waals surface area contributed by atoms with Gasteiger partial charge in [-0.25, -0.2) is 9.78 Å². The average molecular weight is 250 g/mol. The highest BCUT2D eigenvalue weighted by Gasteiger charge is 2.17. The number of nitrogens with zero attached hydrogens (tertiary/aromatic N) is 1. The van der Waals surface area contributed by atoms with Crippen molar-refractivity contribution in [3.63, 3.8) is 0 Å². The maximum atomic E-state index is 11.1. The van der Waals surface area contributed by atoms with Crippen molar-refractivity contribution in [1.82, 2.24) is 4.98 Å². The SMILES string of the molecule is COC(=O)[C@@H](C)Oc1ncc(Cl)cc1Cl. The molecule has 0 amide bonds. The molecular weight excluding hydrogens is 241 g/mol. The van der Waals surface area contributed by atoms with Crippen LogP contribution >= 0.6 is 23.2 Å². The van der Waals surface area contributed by atoms with Crippen LogP contribution in [0, 0.1) is 0 Å². The first kappa shape index (κ1) is 12.1. The molecule has 0 aliphatic heterocycles. The molecule has 0 bridgehead atoms. The maximum absolute atomic E-state index is 11.1. The van der Waals surface area contributed by atoms with Gasteiger partial charge in [-0.1, -0.05) is 23.2 Å². The molecule has 4 nitrogen and oxygen atoms in total. The summed E-state index contributed by atoms with van der Waals surface area (Å²) in [5.41, 5.74) is 0. The number of methoxy groups -OCH3 is 1. The Balaban J connectivity index is 2.76. The normalized spacial score (nSPS) is 12.0. The van der Waals surface area contributed by atoms with Gasteiger partial charge >= 0.3 is 5.97 Å². The van der Waals surface area contributed by atoms with Crippen LogP contribution in [0.25, 0.3) is 0 Å². The highest BCUT2D eigenvalue weighted by atomic mass is 35.5. The van der Waals surface area contributed by atoms with Crippen molar-refractivity contribution >= 4 is 29.2 Å². The minimum absolute atomic E-state index is 0.152. The molecule has 1 aromatic rings. The zero-order valence-corrected chi connectivity index (χ0v) is 9.67. The van der Waals surface area contributed by atoms with Crippen LogP contribution in [0.15, 0.2) is 12.3 Å². The molecule has 0 radical (unpaired) electrons. The molecule has 6 heteroatoms. The van der Waals surface area contributed by atoms with E-state index in [2.05, 4.69) is 9.72 Å². The molecule has 0 aromatic carbocycles. The molecule has 1 atom stereocenters. The highest BCUT2D eigenvalue weighted by molar-refractivity contribution is 6.35. The molecule has 0 N–H and O–H groups in total. The first-order valence-electron chi connectivity index (χ1n) is 4.10.